The molecule has 0 amide bonds. The summed E-state index contributed by atoms with van der Waals surface area (Å²) < 4.78 is 0. The molecule has 0 fully saturated rings. The lowest BCUT2D eigenvalue weighted by molar-refractivity contribution is 0.503. The van der Waals surface area contributed by atoms with E-state index in [2.05, 4.69) is 39.6 Å². The average molecular weight is 155 g/mol. The second-order valence-electron chi connectivity index (χ2n) is 3.76. The Morgan fingerprint density at radius 1 is 1.27 bits per heavy atom. The van der Waals surface area contributed by atoms with Crippen molar-refractivity contribution in [3.63, 3.8) is 0 Å². The number of aliphatic imine (C=N–C) groups is 1. The molecule has 0 rings (SSSR count). The zero-order valence-electron chi connectivity index (χ0n) is 8.57. The molecule has 1 nitrogen and oxygen atoms in total. The van der Waals surface area contributed by atoms with Gasteiger partial charge in [-0.05, 0) is 33.6 Å². The number of rotatable bonds is 4. The van der Waals surface area contributed by atoms with Crippen LogP contribution in [0.3, 0.4) is 0 Å². The van der Waals surface area contributed by atoms with Crippen molar-refractivity contribution < 1.29 is 0 Å². The second kappa shape index (κ2) is 4.53. The minimum absolute atomic E-state index is 0.152. The normalized spacial score (nSPS) is 13.7. The minimum atomic E-state index is 0.152. The summed E-state index contributed by atoms with van der Waals surface area (Å²) in [4.78, 5) is 4.63. The molecule has 66 valence electrons. The van der Waals surface area contributed by atoms with Crippen molar-refractivity contribution in [2.24, 2.45) is 4.99 Å². The first-order valence-electron chi connectivity index (χ1n) is 4.57. The fourth-order valence-corrected chi connectivity index (χ4v) is 1.01. The van der Waals surface area contributed by atoms with E-state index in [9.17, 15) is 0 Å². The van der Waals surface area contributed by atoms with Gasteiger partial charge in [0.2, 0.25) is 0 Å². The van der Waals surface area contributed by atoms with Crippen LogP contribution in [0.15, 0.2) is 4.99 Å². The Morgan fingerprint density at radius 3 is 2.18 bits per heavy atom. The van der Waals surface area contributed by atoms with Crippen LogP contribution in [0.4, 0.5) is 0 Å². The number of hydrogen-bond acceptors (Lipinski definition) is 1. The first kappa shape index (κ1) is 10.7. The Hall–Kier alpha value is -0.330. The van der Waals surface area contributed by atoms with Gasteiger partial charge in [-0.2, -0.15) is 0 Å². The van der Waals surface area contributed by atoms with Crippen LogP contribution in [0.5, 0.6) is 0 Å². The van der Waals surface area contributed by atoms with Crippen molar-refractivity contribution in [2.45, 2.75) is 59.4 Å². The molecule has 0 spiro atoms. The standard InChI is InChI=1S/C10H21N/c1-6-8-9(3)11-10(4,5)7-2/h6-8H2,1-5H3. The van der Waals surface area contributed by atoms with Crippen LogP contribution in [-0.2, 0) is 0 Å². The van der Waals surface area contributed by atoms with Gasteiger partial charge in [-0.15, -0.1) is 0 Å². The van der Waals surface area contributed by atoms with Gasteiger partial charge < -0.3 is 0 Å². The topological polar surface area (TPSA) is 12.4 Å². The van der Waals surface area contributed by atoms with Crippen LogP contribution < -0.4 is 0 Å². The van der Waals surface area contributed by atoms with Crippen molar-refractivity contribution in [1.82, 2.24) is 0 Å². The maximum atomic E-state index is 4.63. The zero-order chi connectivity index (χ0) is 8.91. The van der Waals surface area contributed by atoms with Gasteiger partial charge in [-0.1, -0.05) is 20.3 Å². The molecule has 0 bridgehead atoms. The molecular formula is C10H21N. The molecule has 0 aromatic carbocycles. The highest BCUT2D eigenvalue weighted by molar-refractivity contribution is 5.82. The molecule has 0 saturated carbocycles. The molecule has 0 N–H and O–H groups in total. The summed E-state index contributed by atoms with van der Waals surface area (Å²) in [5.74, 6) is 0. The number of hydrogen-bond donors (Lipinski definition) is 0. The smallest absolute Gasteiger partial charge is 0.0548 e. The maximum Gasteiger partial charge on any atom is 0.0548 e. The van der Waals surface area contributed by atoms with Crippen molar-refractivity contribution in [2.75, 3.05) is 0 Å². The highest BCUT2D eigenvalue weighted by Crippen LogP contribution is 2.14. The van der Waals surface area contributed by atoms with E-state index in [0.717, 1.165) is 12.8 Å². The van der Waals surface area contributed by atoms with Crippen molar-refractivity contribution >= 4 is 5.71 Å². The third kappa shape index (κ3) is 5.00. The van der Waals surface area contributed by atoms with Gasteiger partial charge in [0.25, 0.3) is 0 Å². The fourth-order valence-electron chi connectivity index (χ4n) is 1.01. The lowest BCUT2D eigenvalue weighted by Gasteiger charge is -2.18. The zero-order valence-corrected chi connectivity index (χ0v) is 8.57. The molecule has 1 heteroatoms. The molecule has 0 aromatic rings. The largest absolute Gasteiger partial charge is 0.288 e. The SMILES string of the molecule is CCCC(C)=NC(C)(C)CC. The summed E-state index contributed by atoms with van der Waals surface area (Å²) in [6, 6.07) is 0. The third-order valence-electron chi connectivity index (χ3n) is 1.97. The van der Waals surface area contributed by atoms with E-state index in [1.807, 2.05) is 0 Å². The van der Waals surface area contributed by atoms with Crippen LogP contribution in [0.2, 0.25) is 0 Å². The molecule has 0 atom stereocenters. The van der Waals surface area contributed by atoms with E-state index < -0.39 is 0 Å². The van der Waals surface area contributed by atoms with Gasteiger partial charge in [0, 0.05) is 5.71 Å². The van der Waals surface area contributed by atoms with Gasteiger partial charge >= 0.3 is 0 Å². The van der Waals surface area contributed by atoms with Crippen molar-refractivity contribution in [3.05, 3.63) is 0 Å². The monoisotopic (exact) mass is 155 g/mol. The van der Waals surface area contributed by atoms with E-state index >= 15 is 0 Å². The van der Waals surface area contributed by atoms with Crippen LogP contribution in [0, 0.1) is 0 Å². The molecule has 0 heterocycles. The van der Waals surface area contributed by atoms with Crippen LogP contribution in [0.25, 0.3) is 0 Å². The van der Waals surface area contributed by atoms with Gasteiger partial charge in [-0.3, -0.25) is 4.99 Å². The summed E-state index contributed by atoms with van der Waals surface area (Å²) in [6.07, 6.45) is 3.46. The fraction of sp³-hybridized carbons (Fsp3) is 0.900. The average Bonchev–Trinajstić information content (AvgIpc) is 1.87. The van der Waals surface area contributed by atoms with E-state index in [4.69, 9.17) is 0 Å². The molecule has 0 aliphatic rings. The minimum Gasteiger partial charge on any atom is -0.288 e. The van der Waals surface area contributed by atoms with E-state index in [-0.39, 0.29) is 5.54 Å². The summed E-state index contributed by atoms with van der Waals surface area (Å²) >= 11 is 0. The van der Waals surface area contributed by atoms with Gasteiger partial charge in [0.05, 0.1) is 5.54 Å². The molecule has 0 aliphatic carbocycles. The Labute approximate surface area is 70.9 Å². The van der Waals surface area contributed by atoms with Crippen molar-refractivity contribution in [3.8, 4) is 0 Å². The molecule has 11 heavy (non-hydrogen) atoms. The summed E-state index contributed by atoms with van der Waals surface area (Å²) in [6.45, 7) is 10.9. The van der Waals surface area contributed by atoms with Crippen LogP contribution in [-0.4, -0.2) is 11.3 Å². The first-order valence-corrected chi connectivity index (χ1v) is 4.57. The number of nitrogens with zero attached hydrogens (tertiary/aromatic N) is 1. The Morgan fingerprint density at radius 2 is 1.82 bits per heavy atom. The highest BCUT2D eigenvalue weighted by Gasteiger charge is 2.11. The van der Waals surface area contributed by atoms with Gasteiger partial charge in [0.15, 0.2) is 0 Å². The van der Waals surface area contributed by atoms with E-state index in [1.54, 1.807) is 0 Å². The Bertz CT molecular complexity index is 134. The predicted molar refractivity (Wildman–Crippen MR) is 52.4 cm³/mol. The highest BCUT2D eigenvalue weighted by atomic mass is 14.8. The Kier molecular flexibility index (Phi) is 4.39. The molecule has 0 unspecified atom stereocenters. The van der Waals surface area contributed by atoms with Gasteiger partial charge in [-0.25, -0.2) is 0 Å². The van der Waals surface area contributed by atoms with Crippen molar-refractivity contribution in [1.29, 1.82) is 0 Å². The molecule has 0 radical (unpaired) electrons. The molecule has 0 aromatic heterocycles. The lowest BCUT2D eigenvalue weighted by atomic mass is 10.0. The molecule has 0 aliphatic heterocycles. The van der Waals surface area contributed by atoms with Crippen LogP contribution >= 0.6 is 0 Å². The summed E-state index contributed by atoms with van der Waals surface area (Å²) in [7, 11) is 0. The first-order chi connectivity index (χ1) is 5.02. The van der Waals surface area contributed by atoms with E-state index in [1.165, 1.54) is 12.1 Å². The summed E-state index contributed by atoms with van der Waals surface area (Å²) in [5.41, 5.74) is 1.44. The van der Waals surface area contributed by atoms with Gasteiger partial charge in [0.1, 0.15) is 0 Å². The quantitative estimate of drug-likeness (QED) is 0.551. The lowest BCUT2D eigenvalue weighted by Crippen LogP contribution is -2.16. The second-order valence-corrected chi connectivity index (χ2v) is 3.76. The Balaban J connectivity index is 4.05. The molecule has 0 saturated heterocycles. The molecular weight excluding hydrogens is 134 g/mol. The predicted octanol–water partition coefficient (Wildman–Crippen LogP) is 3.44. The van der Waals surface area contributed by atoms with Crippen LogP contribution in [0.1, 0.15) is 53.9 Å². The van der Waals surface area contributed by atoms with E-state index in [0.29, 0.717) is 0 Å². The summed E-state index contributed by atoms with van der Waals surface area (Å²) in [5, 5.41) is 0. The maximum absolute atomic E-state index is 4.63. The third-order valence-corrected chi connectivity index (χ3v) is 1.97.